The van der Waals surface area contributed by atoms with Crippen molar-refractivity contribution in [3.05, 3.63) is 0 Å². The Balaban J connectivity index is 3.42. The zero-order valence-electron chi connectivity index (χ0n) is 6.86. The van der Waals surface area contributed by atoms with Gasteiger partial charge in [0.25, 0.3) is 0 Å². The summed E-state index contributed by atoms with van der Waals surface area (Å²) < 4.78 is 5.17. The molecule has 3 nitrogen and oxygen atoms in total. The Morgan fingerprint density at radius 2 is 2.09 bits per heavy atom. The third-order valence-corrected chi connectivity index (χ3v) is 10.4. The number of halogens is 2. The van der Waals surface area contributed by atoms with E-state index >= 15 is 0 Å². The molecule has 0 aromatic heterocycles. The van der Waals surface area contributed by atoms with E-state index in [1.807, 2.05) is 0 Å². The van der Waals surface area contributed by atoms with Crippen LogP contribution in [0.2, 0.25) is 0 Å². The molecule has 0 aliphatic carbocycles. The van der Waals surface area contributed by atoms with E-state index in [-0.39, 0.29) is 48.4 Å². The standard InChI is InChI=1S/C6H13I2NO2/c1-7-6(8-2)9-4-5(10)11-3/h6,9H,4H2,1-3H3/q-2. The van der Waals surface area contributed by atoms with E-state index in [0.717, 1.165) is 0 Å². The van der Waals surface area contributed by atoms with Crippen molar-refractivity contribution in [1.29, 1.82) is 0 Å². The molecule has 70 valence electrons. The van der Waals surface area contributed by atoms with E-state index in [0.29, 0.717) is 8.60 Å². The molecule has 0 fully saturated rings. The number of carbonyl (C=O) groups excluding carboxylic acids is 1. The predicted octanol–water partition coefficient (Wildman–Crippen LogP) is -6.53. The zero-order valence-corrected chi connectivity index (χ0v) is 11.2. The van der Waals surface area contributed by atoms with Gasteiger partial charge in [0.15, 0.2) is 0 Å². The third-order valence-electron chi connectivity index (χ3n) is 1.01. The Kier molecular flexibility index (Phi) is 8.14. The van der Waals surface area contributed by atoms with Crippen molar-refractivity contribution in [1.82, 2.24) is 5.32 Å². The summed E-state index contributed by atoms with van der Waals surface area (Å²) in [4.78, 5) is 15.2. The Hall–Kier alpha value is 0.890. The Labute approximate surface area is 88.2 Å². The van der Waals surface area contributed by atoms with Crippen LogP contribution in [0, 0.1) is 0 Å². The van der Waals surface area contributed by atoms with Gasteiger partial charge >= 0.3 is 88.8 Å². The number of carbonyl (C=O) groups is 1. The summed E-state index contributed by atoms with van der Waals surface area (Å²) in [7, 11) is 1.42. The first kappa shape index (κ1) is 11.9. The quantitative estimate of drug-likeness (QED) is 0.222. The third kappa shape index (κ3) is 6.09. The Morgan fingerprint density at radius 3 is 2.45 bits per heavy atom. The predicted molar refractivity (Wildman–Crippen MR) is 35.7 cm³/mol. The molecule has 5 heteroatoms. The Morgan fingerprint density at radius 1 is 1.55 bits per heavy atom. The minimum atomic E-state index is -0.162. The van der Waals surface area contributed by atoms with Crippen molar-refractivity contribution in [2.75, 3.05) is 23.5 Å². The second-order valence-corrected chi connectivity index (χ2v) is 9.06. The second kappa shape index (κ2) is 7.53. The van der Waals surface area contributed by atoms with Gasteiger partial charge in [-0.1, -0.05) is 0 Å². The molecule has 0 atom stereocenters. The molecular weight excluding hydrogens is 372 g/mol. The minimum absolute atomic E-state index is 0.162. The first-order chi connectivity index (χ1) is 5.24. The van der Waals surface area contributed by atoms with E-state index in [2.05, 4.69) is 19.9 Å². The van der Waals surface area contributed by atoms with Gasteiger partial charge in [0, 0.05) is 0 Å². The molecule has 0 aliphatic rings. The van der Waals surface area contributed by atoms with E-state index in [1.54, 1.807) is 0 Å². The number of hydrogen-bond acceptors (Lipinski definition) is 3. The molecular formula is C6H13I2NO2-2. The van der Waals surface area contributed by atoms with Crippen molar-refractivity contribution >= 4 is 5.97 Å². The van der Waals surface area contributed by atoms with Gasteiger partial charge in [-0.3, -0.25) is 0 Å². The average Bonchev–Trinajstić information content (AvgIpc) is 2.06. The number of ether oxygens (including phenoxy) is 1. The summed E-state index contributed by atoms with van der Waals surface area (Å²) in [5, 5.41) is 3.19. The van der Waals surface area contributed by atoms with Crippen molar-refractivity contribution in [2.24, 2.45) is 0 Å². The molecule has 11 heavy (non-hydrogen) atoms. The maximum absolute atomic E-state index is 10.7. The van der Waals surface area contributed by atoms with Gasteiger partial charge in [0.05, 0.1) is 0 Å². The van der Waals surface area contributed by atoms with E-state index < -0.39 is 0 Å². The molecule has 0 unspecified atom stereocenters. The normalized spacial score (nSPS) is 10.9. The summed E-state index contributed by atoms with van der Waals surface area (Å²) >= 11 is 0.468. The number of alkyl halides is 4. The summed E-state index contributed by atoms with van der Waals surface area (Å²) in [6.45, 7) is 0.377. The summed E-state index contributed by atoms with van der Waals surface area (Å²) in [6.07, 6.45) is 0. The molecule has 1 N–H and O–H groups in total. The number of esters is 1. The van der Waals surface area contributed by atoms with Crippen LogP contribution in [0.25, 0.3) is 0 Å². The summed E-state index contributed by atoms with van der Waals surface area (Å²) in [6, 6.07) is 0. The average molecular weight is 385 g/mol. The van der Waals surface area contributed by atoms with Crippen molar-refractivity contribution in [2.45, 2.75) is 2.06 Å². The fourth-order valence-corrected chi connectivity index (χ4v) is 5.42. The maximum atomic E-state index is 10.7. The van der Waals surface area contributed by atoms with Crippen molar-refractivity contribution in [3.63, 3.8) is 0 Å². The zero-order chi connectivity index (χ0) is 8.69. The van der Waals surface area contributed by atoms with Gasteiger partial charge in [-0.05, 0) is 0 Å². The van der Waals surface area contributed by atoms with Crippen LogP contribution in [0.5, 0.6) is 0 Å². The second-order valence-electron chi connectivity index (χ2n) is 1.69. The van der Waals surface area contributed by atoms with E-state index in [9.17, 15) is 4.79 Å². The van der Waals surface area contributed by atoms with Crippen LogP contribution in [0.4, 0.5) is 0 Å². The molecule has 0 saturated carbocycles. The first-order valence-electron chi connectivity index (χ1n) is 3.00. The number of hydrogen-bond donors (Lipinski definition) is 1. The van der Waals surface area contributed by atoms with Crippen LogP contribution in [0.3, 0.4) is 0 Å². The van der Waals surface area contributed by atoms with Crippen LogP contribution in [0.15, 0.2) is 0 Å². The monoisotopic (exact) mass is 385 g/mol. The molecule has 0 rings (SSSR count). The van der Waals surface area contributed by atoms with Gasteiger partial charge in [-0.2, -0.15) is 0 Å². The van der Waals surface area contributed by atoms with E-state index in [1.165, 1.54) is 7.11 Å². The number of methoxy groups -OCH3 is 1. The first-order valence-corrected chi connectivity index (χ1v) is 9.81. The molecule has 0 aliphatic heterocycles. The van der Waals surface area contributed by atoms with Gasteiger partial charge in [0.1, 0.15) is 0 Å². The fraction of sp³-hybridized carbons (Fsp3) is 0.833. The topological polar surface area (TPSA) is 38.3 Å². The molecule has 0 aromatic carbocycles. The van der Waals surface area contributed by atoms with Crippen LogP contribution >= 0.6 is 0 Å². The van der Waals surface area contributed by atoms with Crippen LogP contribution in [-0.2, 0) is 9.53 Å². The summed E-state index contributed by atoms with van der Waals surface area (Å²) in [5.41, 5.74) is 0. The van der Waals surface area contributed by atoms with E-state index in [4.69, 9.17) is 0 Å². The van der Waals surface area contributed by atoms with Crippen LogP contribution in [-0.4, -0.2) is 31.5 Å². The molecule has 0 spiro atoms. The SMILES string of the molecule is COC(=O)CNC([I-]C)[I-]C. The molecule has 0 radical (unpaired) electrons. The molecule has 0 heterocycles. The summed E-state index contributed by atoms with van der Waals surface area (Å²) in [5.74, 6) is -0.162. The molecule has 0 amide bonds. The fourth-order valence-electron chi connectivity index (χ4n) is 0.469. The van der Waals surface area contributed by atoms with Crippen LogP contribution in [0.1, 0.15) is 0 Å². The van der Waals surface area contributed by atoms with Crippen molar-refractivity contribution in [3.8, 4) is 0 Å². The van der Waals surface area contributed by atoms with Crippen molar-refractivity contribution < 1.29 is 51.9 Å². The van der Waals surface area contributed by atoms with Crippen LogP contribution < -0.4 is 47.7 Å². The number of nitrogens with one attached hydrogen (secondary N) is 1. The van der Waals surface area contributed by atoms with Gasteiger partial charge in [-0.25, -0.2) is 0 Å². The van der Waals surface area contributed by atoms with Gasteiger partial charge in [0.2, 0.25) is 0 Å². The van der Waals surface area contributed by atoms with Gasteiger partial charge in [-0.15, -0.1) is 0 Å². The molecule has 0 bridgehead atoms. The Bertz CT molecular complexity index is 117. The molecule has 0 aromatic rings. The van der Waals surface area contributed by atoms with Gasteiger partial charge < -0.3 is 0 Å². The molecule has 0 saturated heterocycles. The number of rotatable bonds is 5.